The molecule has 1 aliphatic rings. The van der Waals surface area contributed by atoms with Gasteiger partial charge in [0.1, 0.15) is 0 Å². The zero-order valence-corrected chi connectivity index (χ0v) is 17.6. The topological polar surface area (TPSA) is 118 Å². The van der Waals surface area contributed by atoms with Crippen LogP contribution in [0.4, 0.5) is 0 Å². The van der Waals surface area contributed by atoms with Gasteiger partial charge in [-0.1, -0.05) is 6.92 Å². The zero-order valence-electron chi connectivity index (χ0n) is 16.7. The van der Waals surface area contributed by atoms with E-state index in [1.165, 1.54) is 4.57 Å². The van der Waals surface area contributed by atoms with Gasteiger partial charge in [-0.3, -0.25) is 19.1 Å². The number of fused-ring (bicyclic) bond motifs is 1. The summed E-state index contributed by atoms with van der Waals surface area (Å²) in [6, 6.07) is 1.70. The van der Waals surface area contributed by atoms with Crippen LogP contribution in [-0.4, -0.2) is 53.8 Å². The number of amides is 1. The predicted molar refractivity (Wildman–Crippen MR) is 113 cm³/mol. The van der Waals surface area contributed by atoms with E-state index in [1.54, 1.807) is 13.2 Å². The van der Waals surface area contributed by atoms with Gasteiger partial charge in [-0.2, -0.15) is 0 Å². The van der Waals surface area contributed by atoms with E-state index in [0.717, 1.165) is 18.5 Å². The van der Waals surface area contributed by atoms with Gasteiger partial charge in [0.05, 0.1) is 17.6 Å². The maximum atomic E-state index is 12.8. The Kier molecular flexibility index (Phi) is 8.36. The highest BCUT2D eigenvalue weighted by Gasteiger charge is 2.28. The first-order valence-corrected chi connectivity index (χ1v) is 9.72. The van der Waals surface area contributed by atoms with Crippen LogP contribution in [0, 0.1) is 0 Å². The molecule has 0 bridgehead atoms. The van der Waals surface area contributed by atoms with Gasteiger partial charge >= 0.3 is 5.69 Å². The summed E-state index contributed by atoms with van der Waals surface area (Å²) in [6.07, 6.45) is 2.72. The summed E-state index contributed by atoms with van der Waals surface area (Å²) >= 11 is 0. The van der Waals surface area contributed by atoms with Crippen molar-refractivity contribution in [2.45, 2.75) is 38.6 Å². The molecule has 1 fully saturated rings. The fraction of sp³-hybridized carbons (Fsp3) is 0.579. The van der Waals surface area contributed by atoms with Crippen LogP contribution in [0.15, 0.2) is 15.7 Å². The van der Waals surface area contributed by atoms with Crippen molar-refractivity contribution in [1.82, 2.24) is 25.2 Å². The van der Waals surface area contributed by atoms with Gasteiger partial charge in [0.25, 0.3) is 11.5 Å². The van der Waals surface area contributed by atoms with Crippen LogP contribution >= 0.6 is 12.4 Å². The number of pyridine rings is 1. The van der Waals surface area contributed by atoms with Crippen molar-refractivity contribution in [2.24, 2.45) is 0 Å². The van der Waals surface area contributed by atoms with Crippen LogP contribution in [0.1, 0.15) is 48.2 Å². The number of aromatic amines is 1. The van der Waals surface area contributed by atoms with Gasteiger partial charge < -0.3 is 15.4 Å². The number of hydrogen-bond donors (Lipinski definition) is 3. The molecule has 2 heterocycles. The van der Waals surface area contributed by atoms with Gasteiger partial charge in [-0.15, -0.1) is 12.4 Å². The molecule has 2 aromatic heterocycles. The lowest BCUT2D eigenvalue weighted by molar-refractivity contribution is 0.0955. The van der Waals surface area contributed by atoms with Crippen molar-refractivity contribution < 1.29 is 9.53 Å². The van der Waals surface area contributed by atoms with E-state index >= 15 is 0 Å². The smallest absolute Gasteiger partial charge is 0.329 e. The molecule has 1 saturated carbocycles. The molecule has 3 N–H and O–H groups in total. The van der Waals surface area contributed by atoms with Crippen molar-refractivity contribution in [2.75, 3.05) is 33.4 Å². The number of H-pyrrole nitrogens is 1. The third-order valence-electron chi connectivity index (χ3n) is 4.73. The first-order chi connectivity index (χ1) is 13.6. The van der Waals surface area contributed by atoms with E-state index < -0.39 is 11.2 Å². The van der Waals surface area contributed by atoms with Gasteiger partial charge in [0, 0.05) is 44.9 Å². The number of hydrogen-bond acceptors (Lipinski definition) is 6. The molecule has 1 aliphatic carbocycles. The zero-order chi connectivity index (χ0) is 20.1. The number of carbonyl (C=O) groups excluding carboxylic acids is 1. The van der Waals surface area contributed by atoms with Gasteiger partial charge in [0.2, 0.25) is 0 Å². The van der Waals surface area contributed by atoms with Crippen molar-refractivity contribution in [3.63, 3.8) is 0 Å². The first-order valence-electron chi connectivity index (χ1n) is 9.72. The molecule has 0 aromatic carbocycles. The Morgan fingerprint density at radius 1 is 1.31 bits per heavy atom. The van der Waals surface area contributed by atoms with Crippen molar-refractivity contribution in [3.05, 3.63) is 38.2 Å². The molecule has 0 unspecified atom stereocenters. The van der Waals surface area contributed by atoms with E-state index in [1.807, 2.05) is 6.92 Å². The van der Waals surface area contributed by atoms with Crippen LogP contribution in [0.25, 0.3) is 11.0 Å². The van der Waals surface area contributed by atoms with Crippen LogP contribution in [0.2, 0.25) is 0 Å². The highest BCUT2D eigenvalue weighted by molar-refractivity contribution is 6.05. The van der Waals surface area contributed by atoms with E-state index in [-0.39, 0.29) is 35.2 Å². The summed E-state index contributed by atoms with van der Waals surface area (Å²) in [5, 5.41) is 6.16. The standard InChI is InChI=1S/C19H27N5O4.ClH/c1-3-9-24-16-15(18(26)23-19(24)27)13(11-14(22-16)12-4-5-12)17(25)21-7-6-20-8-10-28-2;/h11-12,20H,3-10H2,1-2H3,(H,21,25)(H,23,26,27);1H. The molecule has 0 saturated heterocycles. The Morgan fingerprint density at radius 3 is 2.72 bits per heavy atom. The number of aryl methyl sites for hydroxylation is 1. The molecule has 0 spiro atoms. The Hall–Kier alpha value is -2.23. The SMILES string of the molecule is CCCn1c(=O)[nH]c(=O)c2c(C(=O)NCCNCCOC)cc(C3CC3)nc21.Cl. The molecule has 9 nitrogen and oxygen atoms in total. The fourth-order valence-electron chi connectivity index (χ4n) is 3.15. The molecule has 29 heavy (non-hydrogen) atoms. The lowest BCUT2D eigenvalue weighted by atomic mass is 10.1. The number of ether oxygens (including phenoxy) is 1. The summed E-state index contributed by atoms with van der Waals surface area (Å²) in [5.74, 6) is -0.0498. The van der Waals surface area contributed by atoms with Crippen molar-refractivity contribution >= 4 is 29.3 Å². The highest BCUT2D eigenvalue weighted by Crippen LogP contribution is 2.39. The Labute approximate surface area is 174 Å². The minimum absolute atomic E-state index is 0. The maximum Gasteiger partial charge on any atom is 0.329 e. The molecule has 0 radical (unpaired) electrons. The van der Waals surface area contributed by atoms with Crippen molar-refractivity contribution in [3.8, 4) is 0 Å². The lowest BCUT2D eigenvalue weighted by Crippen LogP contribution is -2.35. The number of rotatable bonds is 10. The van der Waals surface area contributed by atoms with E-state index in [9.17, 15) is 14.4 Å². The number of aromatic nitrogens is 3. The van der Waals surface area contributed by atoms with Gasteiger partial charge in [0.15, 0.2) is 5.65 Å². The molecule has 2 aromatic rings. The van der Waals surface area contributed by atoms with Gasteiger partial charge in [-0.25, -0.2) is 9.78 Å². The second kappa shape index (κ2) is 10.5. The summed E-state index contributed by atoms with van der Waals surface area (Å²) in [7, 11) is 1.63. The van der Waals surface area contributed by atoms with Crippen LogP contribution in [0.5, 0.6) is 0 Å². The Morgan fingerprint density at radius 2 is 2.07 bits per heavy atom. The summed E-state index contributed by atoms with van der Waals surface area (Å²) in [6.45, 7) is 4.66. The molecule has 0 atom stereocenters. The third-order valence-corrected chi connectivity index (χ3v) is 4.73. The average molecular weight is 426 g/mol. The first kappa shape index (κ1) is 23.1. The summed E-state index contributed by atoms with van der Waals surface area (Å²) in [4.78, 5) is 44.5. The van der Waals surface area contributed by atoms with E-state index in [2.05, 4.69) is 20.6 Å². The number of carbonyl (C=O) groups is 1. The molecular formula is C19H28ClN5O4. The number of halogens is 1. The molecule has 10 heteroatoms. The summed E-state index contributed by atoms with van der Waals surface area (Å²) < 4.78 is 6.41. The molecule has 3 rings (SSSR count). The minimum Gasteiger partial charge on any atom is -0.383 e. The van der Waals surface area contributed by atoms with Crippen LogP contribution < -0.4 is 21.9 Å². The third kappa shape index (κ3) is 5.43. The second-order valence-corrected chi connectivity index (χ2v) is 6.98. The van der Waals surface area contributed by atoms with E-state index in [0.29, 0.717) is 44.9 Å². The average Bonchev–Trinajstić information content (AvgIpc) is 3.52. The Bertz CT molecular complexity index is 967. The molecule has 0 aliphatic heterocycles. The molecule has 160 valence electrons. The van der Waals surface area contributed by atoms with Gasteiger partial charge in [-0.05, 0) is 25.3 Å². The Balaban J connectivity index is 0.00000300. The normalized spacial score (nSPS) is 13.3. The van der Waals surface area contributed by atoms with Crippen LogP contribution in [-0.2, 0) is 11.3 Å². The summed E-state index contributed by atoms with van der Waals surface area (Å²) in [5.41, 5.74) is 0.267. The quantitative estimate of drug-likeness (QED) is 0.484. The second-order valence-electron chi connectivity index (χ2n) is 6.98. The van der Waals surface area contributed by atoms with Crippen LogP contribution in [0.3, 0.4) is 0 Å². The van der Waals surface area contributed by atoms with E-state index in [4.69, 9.17) is 4.74 Å². The number of nitrogens with zero attached hydrogens (tertiary/aromatic N) is 2. The highest BCUT2D eigenvalue weighted by atomic mass is 35.5. The fourth-order valence-corrected chi connectivity index (χ4v) is 3.15. The monoisotopic (exact) mass is 425 g/mol. The number of nitrogens with one attached hydrogen (secondary N) is 3. The lowest BCUT2D eigenvalue weighted by Gasteiger charge is -2.13. The molecular weight excluding hydrogens is 398 g/mol. The number of methoxy groups -OCH3 is 1. The largest absolute Gasteiger partial charge is 0.383 e. The minimum atomic E-state index is -0.578. The van der Waals surface area contributed by atoms with Crippen molar-refractivity contribution in [1.29, 1.82) is 0 Å². The molecule has 1 amide bonds. The predicted octanol–water partition coefficient (Wildman–Crippen LogP) is 0.760. The maximum absolute atomic E-state index is 12.8.